The lowest BCUT2D eigenvalue weighted by atomic mass is 9.92. The monoisotopic (exact) mass is 265 g/mol. The molecule has 0 bridgehead atoms. The Bertz CT molecular complexity index is 407. The molecule has 1 aromatic heterocycles. The minimum atomic E-state index is 0.741. The lowest BCUT2D eigenvalue weighted by Gasteiger charge is -2.34. The van der Waals surface area contributed by atoms with E-state index in [4.69, 9.17) is 4.98 Å². The van der Waals surface area contributed by atoms with Gasteiger partial charge in [0.2, 0.25) is 0 Å². The summed E-state index contributed by atoms with van der Waals surface area (Å²) in [5, 5.41) is 4.84. The second-order valence-corrected chi connectivity index (χ2v) is 6.63. The minimum absolute atomic E-state index is 0.741. The van der Waals surface area contributed by atoms with Gasteiger partial charge in [-0.3, -0.25) is 0 Å². The molecule has 2 fully saturated rings. The fourth-order valence-corrected chi connectivity index (χ4v) is 3.52. The van der Waals surface area contributed by atoms with E-state index in [-0.39, 0.29) is 0 Å². The fourth-order valence-electron chi connectivity index (χ4n) is 2.39. The summed E-state index contributed by atoms with van der Waals surface area (Å²) in [6, 6.07) is 1.52. The molecule has 0 unspecified atom stereocenters. The van der Waals surface area contributed by atoms with Crippen molar-refractivity contribution in [2.24, 2.45) is 0 Å². The van der Waals surface area contributed by atoms with Crippen LogP contribution in [0.3, 0.4) is 0 Å². The third kappa shape index (κ3) is 2.54. The summed E-state index contributed by atoms with van der Waals surface area (Å²) >= 11 is 1.89. The number of hydrogen-bond acceptors (Lipinski definition) is 4. The van der Waals surface area contributed by atoms with Crippen molar-refractivity contribution < 1.29 is 0 Å². The molecule has 0 aromatic carbocycles. The van der Waals surface area contributed by atoms with Crippen LogP contribution >= 0.6 is 11.3 Å². The third-order valence-corrected chi connectivity index (χ3v) is 5.34. The number of anilines is 1. The number of hydrogen-bond donors (Lipinski definition) is 1. The molecule has 3 nitrogen and oxygen atoms in total. The van der Waals surface area contributed by atoms with Crippen molar-refractivity contribution in [3.63, 3.8) is 0 Å². The highest BCUT2D eigenvalue weighted by Gasteiger charge is 2.26. The van der Waals surface area contributed by atoms with Crippen LogP contribution in [-0.4, -0.2) is 24.1 Å². The van der Waals surface area contributed by atoms with Gasteiger partial charge in [-0.25, -0.2) is 4.98 Å². The number of nitrogens with zero attached hydrogens (tertiary/aromatic N) is 2. The van der Waals surface area contributed by atoms with Crippen molar-refractivity contribution in [2.45, 2.75) is 64.1 Å². The average molecular weight is 265 g/mol. The van der Waals surface area contributed by atoms with E-state index in [1.54, 1.807) is 0 Å². The Morgan fingerprint density at radius 2 is 2.11 bits per heavy atom. The fraction of sp³-hybridized carbons (Fsp3) is 0.786. The summed E-state index contributed by atoms with van der Waals surface area (Å²) in [5.74, 6) is 0. The van der Waals surface area contributed by atoms with Gasteiger partial charge in [-0.1, -0.05) is 6.92 Å². The maximum Gasteiger partial charge on any atom is 0.185 e. The molecule has 4 heteroatoms. The Kier molecular flexibility index (Phi) is 3.57. The van der Waals surface area contributed by atoms with Gasteiger partial charge in [0.15, 0.2) is 5.13 Å². The summed E-state index contributed by atoms with van der Waals surface area (Å²) in [6.45, 7) is 3.23. The van der Waals surface area contributed by atoms with Crippen LogP contribution in [0, 0.1) is 0 Å². The predicted molar refractivity (Wildman–Crippen MR) is 77.4 cm³/mol. The number of nitrogens with one attached hydrogen (secondary N) is 1. The Morgan fingerprint density at radius 3 is 2.67 bits per heavy atom. The topological polar surface area (TPSA) is 28.2 Å². The van der Waals surface area contributed by atoms with E-state index >= 15 is 0 Å². The Balaban J connectivity index is 1.69. The molecule has 1 heterocycles. The quantitative estimate of drug-likeness (QED) is 0.857. The summed E-state index contributed by atoms with van der Waals surface area (Å²) in [6.07, 6.45) is 7.83. The molecule has 2 aliphatic carbocycles. The zero-order valence-electron chi connectivity index (χ0n) is 11.4. The van der Waals surface area contributed by atoms with E-state index in [1.807, 2.05) is 11.3 Å². The van der Waals surface area contributed by atoms with E-state index in [0.29, 0.717) is 0 Å². The number of thiazole rings is 1. The Labute approximate surface area is 114 Å². The number of aromatic nitrogens is 1. The van der Waals surface area contributed by atoms with Crippen LogP contribution < -0.4 is 10.2 Å². The highest BCUT2D eigenvalue weighted by atomic mass is 32.1. The summed E-state index contributed by atoms with van der Waals surface area (Å²) in [5.41, 5.74) is 1.30. The maximum absolute atomic E-state index is 4.83. The van der Waals surface area contributed by atoms with Crippen LogP contribution in [-0.2, 0) is 13.0 Å². The van der Waals surface area contributed by atoms with Crippen molar-refractivity contribution in [1.29, 1.82) is 0 Å². The van der Waals surface area contributed by atoms with E-state index < -0.39 is 0 Å². The van der Waals surface area contributed by atoms with Crippen LogP contribution in [0.1, 0.15) is 49.6 Å². The first-order chi connectivity index (χ1) is 8.78. The van der Waals surface area contributed by atoms with Gasteiger partial charge in [-0.15, -0.1) is 11.3 Å². The van der Waals surface area contributed by atoms with Crippen LogP contribution in [0.4, 0.5) is 5.13 Å². The van der Waals surface area contributed by atoms with Crippen molar-refractivity contribution in [2.75, 3.05) is 11.9 Å². The van der Waals surface area contributed by atoms with Gasteiger partial charge in [-0.2, -0.15) is 0 Å². The van der Waals surface area contributed by atoms with Gasteiger partial charge in [0.05, 0.1) is 5.69 Å². The zero-order chi connectivity index (χ0) is 12.5. The molecule has 0 radical (unpaired) electrons. The molecule has 3 rings (SSSR count). The zero-order valence-corrected chi connectivity index (χ0v) is 12.2. The Morgan fingerprint density at radius 1 is 1.33 bits per heavy atom. The molecule has 1 aromatic rings. The summed E-state index contributed by atoms with van der Waals surface area (Å²) in [7, 11) is 2.21. The normalized spacial score (nSPS) is 19.9. The van der Waals surface area contributed by atoms with Gasteiger partial charge in [-0.05, 0) is 38.5 Å². The van der Waals surface area contributed by atoms with Crippen molar-refractivity contribution in [1.82, 2.24) is 10.3 Å². The van der Waals surface area contributed by atoms with Crippen molar-refractivity contribution in [3.05, 3.63) is 10.6 Å². The van der Waals surface area contributed by atoms with E-state index in [0.717, 1.165) is 25.0 Å². The molecular formula is C14H23N3S. The predicted octanol–water partition coefficient (Wildman–Crippen LogP) is 2.95. The van der Waals surface area contributed by atoms with E-state index in [9.17, 15) is 0 Å². The molecular weight excluding hydrogens is 242 g/mol. The summed E-state index contributed by atoms with van der Waals surface area (Å²) in [4.78, 5) is 8.68. The average Bonchev–Trinajstić information content (AvgIpc) is 3.03. The molecule has 2 aliphatic rings. The molecule has 100 valence electrons. The van der Waals surface area contributed by atoms with E-state index in [2.05, 4.69) is 24.2 Å². The molecule has 0 amide bonds. The van der Waals surface area contributed by atoms with Gasteiger partial charge in [0.25, 0.3) is 0 Å². The molecule has 2 saturated carbocycles. The standard InChI is InChI=1S/C14H23N3S/c1-3-12-13(9-15-10-7-8-10)18-14(16-12)17(2)11-5-4-6-11/h10-11,15H,3-9H2,1-2H3. The minimum Gasteiger partial charge on any atom is -0.348 e. The first kappa shape index (κ1) is 12.4. The molecule has 0 spiro atoms. The number of rotatable bonds is 6. The van der Waals surface area contributed by atoms with Crippen LogP contribution in [0.25, 0.3) is 0 Å². The molecule has 0 saturated heterocycles. The van der Waals surface area contributed by atoms with Gasteiger partial charge in [0, 0.05) is 30.6 Å². The lowest BCUT2D eigenvalue weighted by Crippen LogP contribution is -2.37. The first-order valence-corrected chi connectivity index (χ1v) is 8.04. The molecule has 1 N–H and O–H groups in total. The van der Waals surface area contributed by atoms with Crippen molar-refractivity contribution in [3.8, 4) is 0 Å². The number of aryl methyl sites for hydroxylation is 1. The highest BCUT2D eigenvalue weighted by molar-refractivity contribution is 7.15. The van der Waals surface area contributed by atoms with Gasteiger partial charge >= 0.3 is 0 Å². The second kappa shape index (κ2) is 5.17. The lowest BCUT2D eigenvalue weighted by molar-refractivity contribution is 0.401. The SMILES string of the molecule is CCc1nc(N(C)C2CCC2)sc1CNC1CC1. The van der Waals surface area contributed by atoms with E-state index in [1.165, 1.54) is 47.8 Å². The van der Waals surface area contributed by atoms with Crippen LogP contribution in [0.2, 0.25) is 0 Å². The van der Waals surface area contributed by atoms with Crippen molar-refractivity contribution >= 4 is 16.5 Å². The Hall–Kier alpha value is -0.610. The largest absolute Gasteiger partial charge is 0.348 e. The molecule has 0 aliphatic heterocycles. The van der Waals surface area contributed by atoms with Gasteiger partial charge < -0.3 is 10.2 Å². The smallest absolute Gasteiger partial charge is 0.185 e. The first-order valence-electron chi connectivity index (χ1n) is 7.22. The highest BCUT2D eigenvalue weighted by Crippen LogP contribution is 2.33. The van der Waals surface area contributed by atoms with Gasteiger partial charge in [0.1, 0.15) is 0 Å². The molecule has 18 heavy (non-hydrogen) atoms. The van der Waals surface area contributed by atoms with Crippen LogP contribution in [0.15, 0.2) is 0 Å². The molecule has 0 atom stereocenters. The van der Waals surface area contributed by atoms with Crippen LogP contribution in [0.5, 0.6) is 0 Å². The second-order valence-electron chi connectivity index (χ2n) is 5.57. The third-order valence-electron chi connectivity index (χ3n) is 4.15. The summed E-state index contributed by atoms with van der Waals surface area (Å²) < 4.78 is 0. The maximum atomic E-state index is 4.83.